The fourth-order valence-corrected chi connectivity index (χ4v) is 4.13. The van der Waals surface area contributed by atoms with Crippen LogP contribution in [0.4, 0.5) is 0 Å². The molecule has 2 saturated carbocycles. The minimum absolute atomic E-state index is 0.254. The summed E-state index contributed by atoms with van der Waals surface area (Å²) in [6.07, 6.45) is 10.3. The fraction of sp³-hybridized carbons (Fsp3) is 0.938. The predicted molar refractivity (Wildman–Crippen MR) is 76.8 cm³/mol. The van der Waals surface area contributed by atoms with Gasteiger partial charge in [-0.2, -0.15) is 0 Å². The first-order chi connectivity index (χ1) is 9.24. The second-order valence-corrected chi connectivity index (χ2v) is 6.99. The van der Waals surface area contributed by atoms with Crippen LogP contribution in [0.15, 0.2) is 0 Å². The topological polar surface area (TPSA) is 41.1 Å². The van der Waals surface area contributed by atoms with Crippen LogP contribution in [0.25, 0.3) is 0 Å². The molecule has 3 heteroatoms. The first kappa shape index (κ1) is 13.4. The molecule has 1 heterocycles. The van der Waals surface area contributed by atoms with Crippen molar-refractivity contribution in [1.29, 1.82) is 0 Å². The third kappa shape index (κ3) is 3.31. The van der Waals surface area contributed by atoms with E-state index in [4.69, 9.17) is 0 Å². The van der Waals surface area contributed by atoms with E-state index >= 15 is 0 Å². The van der Waals surface area contributed by atoms with E-state index in [0.29, 0.717) is 18.0 Å². The average molecular weight is 264 g/mol. The Bertz CT molecular complexity index is 325. The molecule has 3 rings (SSSR count). The first-order valence-electron chi connectivity index (χ1n) is 8.28. The molecule has 3 nitrogen and oxygen atoms in total. The zero-order valence-corrected chi connectivity index (χ0v) is 12.2. The lowest BCUT2D eigenvalue weighted by Gasteiger charge is -2.27. The summed E-state index contributed by atoms with van der Waals surface area (Å²) >= 11 is 0. The second kappa shape index (κ2) is 5.82. The summed E-state index contributed by atoms with van der Waals surface area (Å²) in [4.78, 5) is 12.3. The van der Waals surface area contributed by atoms with Gasteiger partial charge in [0.15, 0.2) is 0 Å². The van der Waals surface area contributed by atoms with Crippen LogP contribution in [0.3, 0.4) is 0 Å². The van der Waals surface area contributed by atoms with Gasteiger partial charge in [-0.15, -0.1) is 0 Å². The largest absolute Gasteiger partial charge is 0.353 e. The summed E-state index contributed by atoms with van der Waals surface area (Å²) < 4.78 is 0. The van der Waals surface area contributed by atoms with Gasteiger partial charge in [0.05, 0.1) is 0 Å². The molecule has 0 spiro atoms. The summed E-state index contributed by atoms with van der Waals surface area (Å²) in [5.74, 6) is 2.30. The zero-order valence-electron chi connectivity index (χ0n) is 12.2. The highest BCUT2D eigenvalue weighted by Crippen LogP contribution is 2.44. The molecule has 2 aliphatic carbocycles. The molecule has 3 fully saturated rings. The van der Waals surface area contributed by atoms with Gasteiger partial charge in [0.2, 0.25) is 5.91 Å². The van der Waals surface area contributed by atoms with E-state index in [1.807, 2.05) is 0 Å². The van der Waals surface area contributed by atoms with Crippen molar-refractivity contribution in [2.45, 2.75) is 70.4 Å². The van der Waals surface area contributed by atoms with E-state index in [-0.39, 0.29) is 5.92 Å². The molecule has 3 aliphatic rings. The first-order valence-corrected chi connectivity index (χ1v) is 8.28. The number of amides is 1. The van der Waals surface area contributed by atoms with Crippen LogP contribution in [-0.2, 0) is 4.79 Å². The molecule has 108 valence electrons. The fourth-order valence-electron chi connectivity index (χ4n) is 4.13. The molecule has 2 unspecified atom stereocenters. The van der Waals surface area contributed by atoms with E-state index in [9.17, 15) is 4.79 Å². The van der Waals surface area contributed by atoms with Crippen molar-refractivity contribution < 1.29 is 4.79 Å². The maximum absolute atomic E-state index is 12.3. The zero-order chi connectivity index (χ0) is 13.2. The summed E-state index contributed by atoms with van der Waals surface area (Å²) in [6.45, 7) is 3.18. The molecule has 0 aromatic rings. The number of carbonyl (C=O) groups is 1. The Labute approximate surface area is 116 Å². The van der Waals surface area contributed by atoms with Crippen molar-refractivity contribution in [2.75, 3.05) is 6.54 Å². The van der Waals surface area contributed by atoms with E-state index in [1.54, 1.807) is 0 Å². The monoisotopic (exact) mass is 264 g/mol. The van der Waals surface area contributed by atoms with Crippen molar-refractivity contribution in [3.05, 3.63) is 0 Å². The van der Waals surface area contributed by atoms with Crippen LogP contribution in [0.2, 0.25) is 0 Å². The average Bonchev–Trinajstić information content (AvgIpc) is 3.19. The van der Waals surface area contributed by atoms with Crippen LogP contribution < -0.4 is 10.6 Å². The van der Waals surface area contributed by atoms with Gasteiger partial charge in [0.25, 0.3) is 0 Å². The van der Waals surface area contributed by atoms with Gasteiger partial charge in [-0.3, -0.25) is 4.79 Å². The Morgan fingerprint density at radius 1 is 1.11 bits per heavy atom. The Kier molecular flexibility index (Phi) is 4.11. The Hall–Kier alpha value is -0.570. The van der Waals surface area contributed by atoms with Crippen molar-refractivity contribution in [3.63, 3.8) is 0 Å². The molecule has 19 heavy (non-hydrogen) atoms. The second-order valence-electron chi connectivity index (χ2n) is 6.99. The summed E-state index contributed by atoms with van der Waals surface area (Å²) in [5.41, 5.74) is 0. The number of carbonyl (C=O) groups excluding carboxylic acids is 1. The number of hydrogen-bond acceptors (Lipinski definition) is 2. The normalized spacial score (nSPS) is 39.8. The third-order valence-corrected chi connectivity index (χ3v) is 5.42. The van der Waals surface area contributed by atoms with Gasteiger partial charge in [-0.05, 0) is 44.6 Å². The minimum atomic E-state index is 0.254. The van der Waals surface area contributed by atoms with Gasteiger partial charge >= 0.3 is 0 Å². The molecule has 4 atom stereocenters. The molecular weight excluding hydrogens is 236 g/mol. The Balaban J connectivity index is 1.43. The van der Waals surface area contributed by atoms with Crippen LogP contribution >= 0.6 is 0 Å². The molecular formula is C16H28N2O. The van der Waals surface area contributed by atoms with Gasteiger partial charge < -0.3 is 10.6 Å². The molecule has 1 amide bonds. The Morgan fingerprint density at radius 3 is 2.63 bits per heavy atom. The number of hydrogen-bond donors (Lipinski definition) is 2. The van der Waals surface area contributed by atoms with E-state index < -0.39 is 0 Å². The number of rotatable bonds is 3. The van der Waals surface area contributed by atoms with Crippen LogP contribution in [-0.4, -0.2) is 24.5 Å². The quantitative estimate of drug-likeness (QED) is 0.822. The van der Waals surface area contributed by atoms with Gasteiger partial charge in [-0.25, -0.2) is 0 Å². The van der Waals surface area contributed by atoms with Gasteiger partial charge in [0.1, 0.15) is 0 Å². The number of nitrogens with one attached hydrogen (secondary N) is 2. The van der Waals surface area contributed by atoms with Crippen molar-refractivity contribution in [1.82, 2.24) is 10.6 Å². The highest BCUT2D eigenvalue weighted by Gasteiger charge is 2.44. The molecule has 0 radical (unpaired) electrons. The van der Waals surface area contributed by atoms with Crippen molar-refractivity contribution in [2.24, 2.45) is 17.8 Å². The lowest BCUT2D eigenvalue weighted by Crippen LogP contribution is -2.43. The number of piperidine rings is 1. The summed E-state index contributed by atoms with van der Waals surface area (Å²) in [6, 6.07) is 1.01. The maximum atomic E-state index is 12.3. The highest BCUT2D eigenvalue weighted by atomic mass is 16.2. The predicted octanol–water partition coefficient (Wildman–Crippen LogP) is 2.46. The molecule has 0 aromatic carbocycles. The van der Waals surface area contributed by atoms with Crippen LogP contribution in [0.1, 0.15) is 58.3 Å². The van der Waals surface area contributed by atoms with E-state index in [1.165, 1.54) is 38.5 Å². The van der Waals surface area contributed by atoms with Gasteiger partial charge in [-0.1, -0.05) is 32.1 Å². The minimum Gasteiger partial charge on any atom is -0.353 e. The standard InChI is InChI=1S/C16H28N2O/c1-11-9-13(7-8-17-11)16(19)18-15-10-14(15)12-5-3-2-4-6-12/h11-15,17H,2-10H2,1H3,(H,18,19)/t11-,13-,14?,15?/m0/s1. The van der Waals surface area contributed by atoms with E-state index in [2.05, 4.69) is 17.6 Å². The lowest BCUT2D eigenvalue weighted by molar-refractivity contribution is -0.126. The van der Waals surface area contributed by atoms with E-state index in [0.717, 1.165) is 31.2 Å². The third-order valence-electron chi connectivity index (χ3n) is 5.42. The van der Waals surface area contributed by atoms with Crippen molar-refractivity contribution >= 4 is 5.91 Å². The summed E-state index contributed by atoms with van der Waals surface area (Å²) in [5, 5.41) is 6.74. The molecule has 0 aromatic heterocycles. The highest BCUT2D eigenvalue weighted by molar-refractivity contribution is 5.79. The molecule has 1 saturated heterocycles. The molecule has 0 bridgehead atoms. The smallest absolute Gasteiger partial charge is 0.223 e. The lowest BCUT2D eigenvalue weighted by atomic mass is 9.85. The Morgan fingerprint density at radius 2 is 1.89 bits per heavy atom. The SMILES string of the molecule is C[C@H]1C[C@@H](C(=O)NC2CC2C2CCCCC2)CCN1. The molecule has 1 aliphatic heterocycles. The molecule has 2 N–H and O–H groups in total. The summed E-state index contributed by atoms with van der Waals surface area (Å²) in [7, 11) is 0. The van der Waals surface area contributed by atoms with Crippen molar-refractivity contribution in [3.8, 4) is 0 Å². The van der Waals surface area contributed by atoms with Crippen LogP contribution in [0.5, 0.6) is 0 Å². The maximum Gasteiger partial charge on any atom is 0.223 e. The van der Waals surface area contributed by atoms with Crippen LogP contribution in [0, 0.1) is 17.8 Å². The van der Waals surface area contributed by atoms with Gasteiger partial charge in [0, 0.05) is 18.0 Å².